The molecule has 0 fully saturated rings. The Labute approximate surface area is 186 Å². The second-order valence-corrected chi connectivity index (χ2v) is 8.01. The summed E-state index contributed by atoms with van der Waals surface area (Å²) in [4.78, 5) is 37.2. The first-order valence-corrected chi connectivity index (χ1v) is 10.9. The van der Waals surface area contributed by atoms with Crippen molar-refractivity contribution >= 4 is 17.6 Å². The molecule has 0 aliphatic heterocycles. The van der Waals surface area contributed by atoms with Gasteiger partial charge in [0.1, 0.15) is 0 Å². The van der Waals surface area contributed by atoms with Crippen molar-refractivity contribution in [1.29, 1.82) is 0 Å². The van der Waals surface area contributed by atoms with Gasteiger partial charge in [0.05, 0.1) is 12.2 Å². The zero-order valence-corrected chi connectivity index (χ0v) is 18.6. The number of benzene rings is 2. The molecular formula is C25H27N5O2. The van der Waals surface area contributed by atoms with E-state index in [0.29, 0.717) is 29.8 Å². The van der Waals surface area contributed by atoms with Crippen LogP contribution in [0.2, 0.25) is 0 Å². The van der Waals surface area contributed by atoms with Crippen molar-refractivity contribution in [3.05, 3.63) is 92.9 Å². The molecule has 0 bridgehead atoms. The van der Waals surface area contributed by atoms with E-state index in [1.165, 1.54) is 4.52 Å². The average Bonchev–Trinajstić information content (AvgIpc) is 3.21. The zero-order chi connectivity index (χ0) is 22.7. The molecule has 164 valence electrons. The van der Waals surface area contributed by atoms with E-state index in [-0.39, 0.29) is 23.2 Å². The Kier molecular flexibility index (Phi) is 6.16. The van der Waals surface area contributed by atoms with Crippen molar-refractivity contribution in [2.45, 2.75) is 46.6 Å². The van der Waals surface area contributed by atoms with Crippen LogP contribution in [0.25, 0.3) is 5.78 Å². The second kappa shape index (κ2) is 9.18. The molecule has 7 nitrogen and oxygen atoms in total. The number of aromatic amines is 1. The van der Waals surface area contributed by atoms with E-state index in [0.717, 1.165) is 24.0 Å². The van der Waals surface area contributed by atoms with Crippen molar-refractivity contribution in [3.8, 4) is 0 Å². The lowest BCUT2D eigenvalue weighted by Gasteiger charge is -2.20. The smallest absolute Gasteiger partial charge is 0.272 e. The van der Waals surface area contributed by atoms with Gasteiger partial charge < -0.3 is 0 Å². The van der Waals surface area contributed by atoms with Crippen LogP contribution < -0.4 is 10.5 Å². The predicted molar refractivity (Wildman–Crippen MR) is 125 cm³/mol. The summed E-state index contributed by atoms with van der Waals surface area (Å²) < 4.78 is 1.34. The highest BCUT2D eigenvalue weighted by molar-refractivity contribution is 6.05. The number of nitrogens with zero attached hydrogens (tertiary/aromatic N) is 4. The van der Waals surface area contributed by atoms with Crippen molar-refractivity contribution in [3.63, 3.8) is 0 Å². The predicted octanol–water partition coefficient (Wildman–Crippen LogP) is 4.22. The molecule has 2 aromatic heterocycles. The summed E-state index contributed by atoms with van der Waals surface area (Å²) in [5.74, 6) is 0.349. The van der Waals surface area contributed by atoms with E-state index in [1.807, 2.05) is 62.4 Å². The van der Waals surface area contributed by atoms with Crippen LogP contribution in [0, 0.1) is 13.8 Å². The summed E-state index contributed by atoms with van der Waals surface area (Å²) in [6.45, 7) is 6.18. The van der Waals surface area contributed by atoms with Crippen LogP contribution in [0.3, 0.4) is 0 Å². The Hall–Kier alpha value is -3.74. The number of unbranched alkanes of at least 4 members (excludes halogenated alkanes) is 1. The summed E-state index contributed by atoms with van der Waals surface area (Å²) in [7, 11) is 0. The lowest BCUT2D eigenvalue weighted by Crippen LogP contribution is -2.31. The molecule has 1 amide bonds. The molecule has 0 saturated carbocycles. The molecule has 4 aromatic rings. The van der Waals surface area contributed by atoms with E-state index in [9.17, 15) is 9.59 Å². The van der Waals surface area contributed by atoms with E-state index < -0.39 is 0 Å². The molecule has 0 unspecified atom stereocenters. The third-order valence-electron chi connectivity index (χ3n) is 5.51. The van der Waals surface area contributed by atoms with E-state index in [2.05, 4.69) is 22.0 Å². The Morgan fingerprint density at radius 1 is 1.06 bits per heavy atom. The van der Waals surface area contributed by atoms with Gasteiger partial charge in [-0.15, -0.1) is 0 Å². The average molecular weight is 430 g/mol. The molecule has 0 aliphatic rings. The first-order chi connectivity index (χ1) is 15.5. The number of aryl methyl sites for hydroxylation is 2. The maximum absolute atomic E-state index is 13.5. The van der Waals surface area contributed by atoms with Gasteiger partial charge in [-0.3, -0.25) is 19.6 Å². The lowest BCUT2D eigenvalue weighted by atomic mass is 10.1. The Morgan fingerprint density at radius 3 is 2.56 bits per heavy atom. The van der Waals surface area contributed by atoms with Crippen LogP contribution >= 0.6 is 0 Å². The fourth-order valence-electron chi connectivity index (χ4n) is 3.75. The van der Waals surface area contributed by atoms with Gasteiger partial charge in [-0.05, 0) is 44.4 Å². The largest absolute Gasteiger partial charge is 0.277 e. The minimum absolute atomic E-state index is 0.164. The molecule has 32 heavy (non-hydrogen) atoms. The summed E-state index contributed by atoms with van der Waals surface area (Å²) in [6, 6.07) is 17.1. The quantitative estimate of drug-likeness (QED) is 0.477. The lowest BCUT2D eigenvalue weighted by molar-refractivity contribution is 0.0983. The number of hydrogen-bond donors (Lipinski definition) is 1. The first kappa shape index (κ1) is 21.5. The highest BCUT2D eigenvalue weighted by Gasteiger charge is 2.23. The number of carbonyl (C=O) groups excluding carboxylic acids is 1. The summed E-state index contributed by atoms with van der Waals surface area (Å²) in [6.07, 6.45) is 2.57. The number of H-pyrrole nitrogens is 1. The van der Waals surface area contributed by atoms with Crippen molar-refractivity contribution in [2.75, 3.05) is 4.90 Å². The Balaban J connectivity index is 1.80. The molecular weight excluding hydrogens is 402 g/mol. The van der Waals surface area contributed by atoms with Gasteiger partial charge in [-0.2, -0.15) is 9.50 Å². The second-order valence-electron chi connectivity index (χ2n) is 8.01. The third-order valence-corrected chi connectivity index (χ3v) is 5.51. The van der Waals surface area contributed by atoms with Crippen LogP contribution in [0.15, 0.2) is 59.4 Å². The van der Waals surface area contributed by atoms with Gasteiger partial charge in [0.15, 0.2) is 0 Å². The zero-order valence-electron chi connectivity index (χ0n) is 18.6. The minimum Gasteiger partial charge on any atom is -0.272 e. The molecule has 0 atom stereocenters. The molecule has 0 radical (unpaired) electrons. The molecule has 0 saturated heterocycles. The minimum atomic E-state index is -0.201. The van der Waals surface area contributed by atoms with Crippen molar-refractivity contribution < 1.29 is 4.79 Å². The number of amides is 1. The molecule has 0 spiro atoms. The Morgan fingerprint density at radius 2 is 1.84 bits per heavy atom. The van der Waals surface area contributed by atoms with Gasteiger partial charge in [-0.1, -0.05) is 61.4 Å². The number of anilines is 1. The summed E-state index contributed by atoms with van der Waals surface area (Å²) in [5, 5.41) is 3.03. The maximum Gasteiger partial charge on any atom is 0.277 e. The highest BCUT2D eigenvalue weighted by atomic mass is 16.2. The fraction of sp³-hybridized carbons (Fsp3) is 0.280. The van der Waals surface area contributed by atoms with Crippen molar-refractivity contribution in [1.82, 2.24) is 19.6 Å². The standard InChI is InChI=1S/C25H27N5O2/c1-4-5-14-21-18(3)26-24-27-25(28-30(24)23(21)32)29(16-19-11-7-6-8-12-19)22(31)20-13-9-10-17(2)15-20/h6-13,15H,4-5,14,16H2,1-3H3,(H,26,27,28). The van der Waals surface area contributed by atoms with Crippen LogP contribution in [-0.4, -0.2) is 25.5 Å². The monoisotopic (exact) mass is 429 g/mol. The van der Waals surface area contributed by atoms with Gasteiger partial charge in [0.25, 0.3) is 17.2 Å². The fourth-order valence-corrected chi connectivity index (χ4v) is 3.75. The van der Waals surface area contributed by atoms with Crippen LogP contribution in [0.4, 0.5) is 5.95 Å². The van der Waals surface area contributed by atoms with Crippen molar-refractivity contribution in [2.24, 2.45) is 0 Å². The van der Waals surface area contributed by atoms with Crippen LogP contribution in [-0.2, 0) is 13.0 Å². The molecule has 2 aromatic carbocycles. The first-order valence-electron chi connectivity index (χ1n) is 10.9. The molecule has 1 N–H and O–H groups in total. The number of rotatable bonds is 7. The molecule has 0 aliphatic carbocycles. The maximum atomic E-state index is 13.5. The van der Waals surface area contributed by atoms with E-state index in [1.54, 1.807) is 11.0 Å². The van der Waals surface area contributed by atoms with Gasteiger partial charge in [0, 0.05) is 11.1 Å². The van der Waals surface area contributed by atoms with Gasteiger partial charge in [0.2, 0.25) is 5.95 Å². The number of aromatic nitrogens is 4. The van der Waals surface area contributed by atoms with Gasteiger partial charge >= 0.3 is 0 Å². The van der Waals surface area contributed by atoms with E-state index in [4.69, 9.17) is 0 Å². The SMILES string of the molecule is CCCCc1c(C)nc2nc(N(Cc3ccccc3)C(=O)c3cccc(C)c3)[nH]n2c1=O. The van der Waals surface area contributed by atoms with Gasteiger partial charge in [-0.25, -0.2) is 4.98 Å². The van der Waals surface area contributed by atoms with E-state index >= 15 is 0 Å². The summed E-state index contributed by atoms with van der Waals surface area (Å²) >= 11 is 0. The topological polar surface area (TPSA) is 83.4 Å². The number of nitrogens with one attached hydrogen (secondary N) is 1. The Bertz CT molecular complexity index is 1310. The molecule has 4 rings (SSSR count). The normalized spacial score (nSPS) is 11.1. The van der Waals surface area contributed by atoms with Crippen LogP contribution in [0.1, 0.15) is 52.5 Å². The number of carbonyl (C=O) groups is 1. The number of fused-ring (bicyclic) bond motifs is 1. The summed E-state index contributed by atoms with van der Waals surface area (Å²) in [5.41, 5.74) is 3.70. The highest BCUT2D eigenvalue weighted by Crippen LogP contribution is 2.18. The van der Waals surface area contributed by atoms with Crippen LogP contribution in [0.5, 0.6) is 0 Å². The molecule has 7 heteroatoms. The third kappa shape index (κ3) is 4.32. The molecule has 2 heterocycles. The number of hydrogen-bond acceptors (Lipinski definition) is 4.